The van der Waals surface area contributed by atoms with Crippen LogP contribution in [0.15, 0.2) is 54.7 Å². The highest BCUT2D eigenvalue weighted by atomic mass is 16.5. The second-order valence-electron chi connectivity index (χ2n) is 4.75. The first-order valence-electron chi connectivity index (χ1n) is 6.58. The zero-order chi connectivity index (χ0) is 13.9. The molecule has 3 rings (SSSR count). The number of aryl methyl sites for hydroxylation is 1. The quantitative estimate of drug-likeness (QED) is 0.782. The van der Waals surface area contributed by atoms with E-state index in [9.17, 15) is 0 Å². The number of ether oxygens (including phenoxy) is 1. The minimum absolute atomic E-state index is 0.413. The molecule has 0 aliphatic heterocycles. The average molecular weight is 264 g/mol. The molecule has 2 aromatic carbocycles. The normalized spacial score (nSPS) is 10.7. The van der Waals surface area contributed by atoms with Crippen LogP contribution in [0, 0.1) is 6.92 Å². The van der Waals surface area contributed by atoms with Gasteiger partial charge in [-0.3, -0.25) is 4.98 Å². The number of nitrogens with zero attached hydrogens (tertiary/aromatic N) is 1. The Hall–Kier alpha value is -2.39. The highest BCUT2D eigenvalue weighted by Gasteiger charge is 2.05. The third-order valence-electron chi connectivity index (χ3n) is 3.25. The molecule has 0 saturated heterocycles. The molecule has 0 aliphatic carbocycles. The van der Waals surface area contributed by atoms with E-state index in [-0.39, 0.29) is 0 Å². The zero-order valence-electron chi connectivity index (χ0n) is 11.3. The van der Waals surface area contributed by atoms with Gasteiger partial charge in [0.1, 0.15) is 11.5 Å². The summed E-state index contributed by atoms with van der Waals surface area (Å²) in [7, 11) is 0. The fourth-order valence-electron chi connectivity index (χ4n) is 2.17. The minimum Gasteiger partial charge on any atom is -0.457 e. The second kappa shape index (κ2) is 5.31. The molecule has 0 radical (unpaired) electrons. The number of aromatic nitrogens is 1. The Balaban J connectivity index is 1.98. The molecule has 0 atom stereocenters. The van der Waals surface area contributed by atoms with Crippen LogP contribution in [0.4, 0.5) is 0 Å². The lowest BCUT2D eigenvalue weighted by Gasteiger charge is -2.11. The average Bonchev–Trinajstić information content (AvgIpc) is 2.47. The molecule has 0 saturated carbocycles. The maximum absolute atomic E-state index is 5.97. The molecule has 0 amide bonds. The van der Waals surface area contributed by atoms with Crippen molar-refractivity contribution in [1.29, 1.82) is 0 Å². The summed E-state index contributed by atoms with van der Waals surface area (Å²) in [6.07, 6.45) is 1.77. The summed E-state index contributed by atoms with van der Waals surface area (Å²) in [6.45, 7) is 2.35. The first-order chi connectivity index (χ1) is 9.76. The summed E-state index contributed by atoms with van der Waals surface area (Å²) in [5.74, 6) is 1.58. The van der Waals surface area contributed by atoms with Crippen molar-refractivity contribution in [3.63, 3.8) is 0 Å². The summed E-state index contributed by atoms with van der Waals surface area (Å²) in [6, 6.07) is 16.2. The summed E-state index contributed by atoms with van der Waals surface area (Å²) in [5, 5.41) is 2.36. The number of hydrogen-bond acceptors (Lipinski definition) is 3. The lowest BCUT2D eigenvalue weighted by atomic mass is 10.1. The third kappa shape index (κ3) is 2.49. The molecule has 3 heteroatoms. The molecule has 2 N–H and O–H groups in total. The van der Waals surface area contributed by atoms with E-state index in [2.05, 4.69) is 23.2 Å². The summed E-state index contributed by atoms with van der Waals surface area (Å²) < 4.78 is 5.97. The zero-order valence-corrected chi connectivity index (χ0v) is 11.3. The summed E-state index contributed by atoms with van der Waals surface area (Å²) in [4.78, 5) is 4.24. The van der Waals surface area contributed by atoms with Crippen LogP contribution in [0.3, 0.4) is 0 Å². The molecular formula is C17H16N2O. The molecule has 3 aromatic rings. The summed E-state index contributed by atoms with van der Waals surface area (Å²) in [5.41, 5.74) is 7.55. The fourth-order valence-corrected chi connectivity index (χ4v) is 2.17. The van der Waals surface area contributed by atoms with Crippen LogP contribution in [-0.2, 0) is 6.54 Å². The van der Waals surface area contributed by atoms with Crippen molar-refractivity contribution in [3.05, 3.63) is 66.0 Å². The smallest absolute Gasteiger partial charge is 0.135 e. The number of rotatable bonds is 3. The van der Waals surface area contributed by atoms with Gasteiger partial charge in [-0.1, -0.05) is 30.3 Å². The molecule has 0 unspecified atom stereocenters. The van der Waals surface area contributed by atoms with E-state index in [4.69, 9.17) is 10.5 Å². The van der Waals surface area contributed by atoms with E-state index in [0.717, 1.165) is 28.1 Å². The molecular weight excluding hydrogens is 248 g/mol. The van der Waals surface area contributed by atoms with Gasteiger partial charge in [-0.15, -0.1) is 0 Å². The van der Waals surface area contributed by atoms with Gasteiger partial charge in [0.15, 0.2) is 0 Å². The Morgan fingerprint density at radius 2 is 1.85 bits per heavy atom. The second-order valence-corrected chi connectivity index (χ2v) is 4.75. The van der Waals surface area contributed by atoms with Gasteiger partial charge in [0.05, 0.1) is 0 Å². The van der Waals surface area contributed by atoms with Crippen LogP contribution >= 0.6 is 0 Å². The lowest BCUT2D eigenvalue weighted by molar-refractivity contribution is 0.475. The Morgan fingerprint density at radius 3 is 2.65 bits per heavy atom. The monoisotopic (exact) mass is 264 g/mol. The molecule has 0 bridgehead atoms. The maximum Gasteiger partial charge on any atom is 0.135 e. The minimum atomic E-state index is 0.413. The first kappa shape index (κ1) is 12.6. The molecule has 100 valence electrons. The van der Waals surface area contributed by atoms with E-state index in [1.54, 1.807) is 6.20 Å². The van der Waals surface area contributed by atoms with Crippen molar-refractivity contribution >= 4 is 10.8 Å². The highest BCUT2D eigenvalue weighted by molar-refractivity contribution is 5.83. The van der Waals surface area contributed by atoms with Crippen molar-refractivity contribution in [1.82, 2.24) is 4.98 Å². The van der Waals surface area contributed by atoms with E-state index in [0.29, 0.717) is 6.54 Å². The molecule has 20 heavy (non-hydrogen) atoms. The van der Waals surface area contributed by atoms with Crippen molar-refractivity contribution < 1.29 is 4.74 Å². The molecule has 0 fully saturated rings. The maximum atomic E-state index is 5.97. The van der Waals surface area contributed by atoms with Gasteiger partial charge < -0.3 is 10.5 Å². The number of benzene rings is 2. The van der Waals surface area contributed by atoms with E-state index < -0.39 is 0 Å². The van der Waals surface area contributed by atoms with Gasteiger partial charge in [0.2, 0.25) is 0 Å². The number of nitrogens with two attached hydrogens (primary N) is 1. The Labute approximate surface area is 118 Å². The number of fused-ring (bicyclic) bond motifs is 1. The summed E-state index contributed by atoms with van der Waals surface area (Å²) >= 11 is 0. The van der Waals surface area contributed by atoms with Crippen molar-refractivity contribution in [2.45, 2.75) is 13.5 Å². The van der Waals surface area contributed by atoms with Crippen LogP contribution in [0.1, 0.15) is 11.3 Å². The van der Waals surface area contributed by atoms with Crippen LogP contribution in [0.5, 0.6) is 11.5 Å². The Kier molecular flexibility index (Phi) is 3.35. The van der Waals surface area contributed by atoms with E-state index in [1.807, 2.05) is 37.3 Å². The molecule has 3 nitrogen and oxygen atoms in total. The van der Waals surface area contributed by atoms with Crippen molar-refractivity contribution in [2.75, 3.05) is 0 Å². The van der Waals surface area contributed by atoms with Crippen LogP contribution in [0.25, 0.3) is 10.8 Å². The predicted molar refractivity (Wildman–Crippen MR) is 80.9 cm³/mol. The standard InChI is InChI=1S/C17H16N2O/c1-12-8-17(15(10-18)11-19-12)20-16-7-6-13-4-2-3-5-14(13)9-16/h2-9,11H,10,18H2,1H3. The van der Waals surface area contributed by atoms with Gasteiger partial charge in [-0.2, -0.15) is 0 Å². The predicted octanol–water partition coefficient (Wildman–Crippen LogP) is 3.79. The first-order valence-corrected chi connectivity index (χ1v) is 6.58. The largest absolute Gasteiger partial charge is 0.457 e. The number of pyridine rings is 1. The van der Waals surface area contributed by atoms with Gasteiger partial charge >= 0.3 is 0 Å². The molecule has 0 aliphatic rings. The number of hydrogen-bond donors (Lipinski definition) is 1. The van der Waals surface area contributed by atoms with Gasteiger partial charge in [-0.05, 0) is 29.8 Å². The third-order valence-corrected chi connectivity index (χ3v) is 3.25. The van der Waals surface area contributed by atoms with Crippen molar-refractivity contribution in [2.24, 2.45) is 5.73 Å². The van der Waals surface area contributed by atoms with Gasteiger partial charge in [0, 0.05) is 30.1 Å². The van der Waals surface area contributed by atoms with Crippen LogP contribution in [0.2, 0.25) is 0 Å². The van der Waals surface area contributed by atoms with E-state index in [1.165, 1.54) is 5.39 Å². The highest BCUT2D eigenvalue weighted by Crippen LogP contribution is 2.28. The Bertz CT molecular complexity index is 753. The Morgan fingerprint density at radius 1 is 1.05 bits per heavy atom. The van der Waals surface area contributed by atoms with Crippen LogP contribution < -0.4 is 10.5 Å². The van der Waals surface area contributed by atoms with E-state index >= 15 is 0 Å². The lowest BCUT2D eigenvalue weighted by Crippen LogP contribution is -2.01. The van der Waals surface area contributed by atoms with Gasteiger partial charge in [-0.25, -0.2) is 0 Å². The molecule has 0 spiro atoms. The SMILES string of the molecule is Cc1cc(Oc2ccc3ccccc3c2)c(CN)cn1. The van der Waals surface area contributed by atoms with Gasteiger partial charge in [0.25, 0.3) is 0 Å². The van der Waals surface area contributed by atoms with Crippen molar-refractivity contribution in [3.8, 4) is 11.5 Å². The molecule has 1 heterocycles. The fraction of sp³-hybridized carbons (Fsp3) is 0.118. The topological polar surface area (TPSA) is 48.1 Å². The van der Waals surface area contributed by atoms with Crippen LogP contribution in [-0.4, -0.2) is 4.98 Å². The molecule has 1 aromatic heterocycles.